The van der Waals surface area contributed by atoms with Gasteiger partial charge in [-0.05, 0) is 12.1 Å². The Balaban J connectivity index is 3.21. The highest BCUT2D eigenvalue weighted by Gasteiger charge is 2.40. The normalized spacial score (nSPS) is 14.1. The first-order valence-electron chi connectivity index (χ1n) is 3.62. The van der Waals surface area contributed by atoms with Gasteiger partial charge in [0.1, 0.15) is 0 Å². The minimum atomic E-state index is -4.98. The van der Waals surface area contributed by atoms with Crippen molar-refractivity contribution >= 4 is 11.6 Å². The fourth-order valence-corrected chi connectivity index (χ4v) is 1.18. The third kappa shape index (κ3) is 2.57. The zero-order valence-corrected chi connectivity index (χ0v) is 7.70. The molecule has 0 bridgehead atoms. The fourth-order valence-electron chi connectivity index (χ4n) is 0.924. The van der Waals surface area contributed by atoms with Crippen LogP contribution in [0.15, 0.2) is 12.1 Å². The first-order chi connectivity index (χ1) is 6.73. The molecule has 0 saturated carbocycles. The lowest BCUT2D eigenvalue weighted by Gasteiger charge is -2.16. The summed E-state index contributed by atoms with van der Waals surface area (Å²) in [6, 6.07) is 0.594. The van der Waals surface area contributed by atoms with Gasteiger partial charge in [-0.2, -0.15) is 13.2 Å². The molecule has 1 N–H and O–H groups in total. The molecular formula is C8H4ClF5O. The van der Waals surface area contributed by atoms with Gasteiger partial charge in [0.2, 0.25) is 0 Å². The number of aliphatic hydroxyl groups excluding tert-OH is 1. The van der Waals surface area contributed by atoms with E-state index in [1.54, 1.807) is 0 Å². The molecule has 0 radical (unpaired) electrons. The highest BCUT2D eigenvalue weighted by molar-refractivity contribution is 6.31. The van der Waals surface area contributed by atoms with Crippen LogP contribution < -0.4 is 0 Å². The first kappa shape index (κ1) is 12.2. The molecule has 15 heavy (non-hydrogen) atoms. The molecule has 0 saturated heterocycles. The minimum absolute atomic E-state index is 0.218. The van der Waals surface area contributed by atoms with Gasteiger partial charge in [0, 0.05) is 10.6 Å². The molecule has 0 unspecified atom stereocenters. The molecule has 0 heterocycles. The number of benzene rings is 1. The van der Waals surface area contributed by atoms with Crippen molar-refractivity contribution in [3.8, 4) is 0 Å². The maximum Gasteiger partial charge on any atom is 0.418 e. The van der Waals surface area contributed by atoms with Crippen LogP contribution in [0.25, 0.3) is 0 Å². The maximum absolute atomic E-state index is 12.6. The molecule has 0 aliphatic carbocycles. The second-order valence-corrected chi connectivity index (χ2v) is 3.14. The fraction of sp³-hybridized carbons (Fsp3) is 0.250. The molecular weight excluding hydrogens is 243 g/mol. The first-order valence-corrected chi connectivity index (χ1v) is 4.00. The van der Waals surface area contributed by atoms with Crippen molar-refractivity contribution in [1.29, 1.82) is 0 Å². The van der Waals surface area contributed by atoms with E-state index < -0.39 is 34.5 Å². The standard InChI is InChI=1S/C8H4ClF5O/c9-4-2-6(11)5(10)1-3(4)7(15)8(12,13)14/h1-2,7,15H/t7-/m0/s1. The second-order valence-electron chi connectivity index (χ2n) is 2.73. The Morgan fingerprint density at radius 1 is 1.13 bits per heavy atom. The summed E-state index contributed by atoms with van der Waals surface area (Å²) in [5, 5.41) is 8.07. The summed E-state index contributed by atoms with van der Waals surface area (Å²) < 4.78 is 61.2. The molecule has 0 aliphatic rings. The predicted molar refractivity (Wildman–Crippen MR) is 42.4 cm³/mol. The van der Waals surface area contributed by atoms with E-state index in [2.05, 4.69) is 0 Å². The molecule has 1 nitrogen and oxygen atoms in total. The lowest BCUT2D eigenvalue weighted by molar-refractivity contribution is -0.206. The van der Waals surface area contributed by atoms with Crippen LogP contribution in [0, 0.1) is 11.6 Å². The Kier molecular flexibility index (Phi) is 3.20. The second kappa shape index (κ2) is 3.94. The van der Waals surface area contributed by atoms with Crippen molar-refractivity contribution in [3.05, 3.63) is 34.4 Å². The van der Waals surface area contributed by atoms with Crippen molar-refractivity contribution in [1.82, 2.24) is 0 Å². The van der Waals surface area contributed by atoms with Gasteiger partial charge < -0.3 is 5.11 Å². The Hall–Kier alpha value is -0.880. The molecule has 0 aliphatic heterocycles. The van der Waals surface area contributed by atoms with Crippen molar-refractivity contribution in [2.45, 2.75) is 12.3 Å². The molecule has 1 aromatic rings. The SMILES string of the molecule is O[C@@H](c1cc(F)c(F)cc1Cl)C(F)(F)F. The lowest BCUT2D eigenvalue weighted by Crippen LogP contribution is -2.20. The summed E-state index contributed by atoms with van der Waals surface area (Å²) in [5.41, 5.74) is -0.914. The summed E-state index contributed by atoms with van der Waals surface area (Å²) in [6.07, 6.45) is -7.91. The third-order valence-electron chi connectivity index (χ3n) is 1.64. The Morgan fingerprint density at radius 3 is 2.07 bits per heavy atom. The topological polar surface area (TPSA) is 20.2 Å². The minimum Gasteiger partial charge on any atom is -0.379 e. The molecule has 0 amide bonds. The van der Waals surface area contributed by atoms with E-state index in [1.807, 2.05) is 0 Å². The zero-order valence-electron chi connectivity index (χ0n) is 6.95. The van der Waals surface area contributed by atoms with E-state index >= 15 is 0 Å². The third-order valence-corrected chi connectivity index (χ3v) is 1.97. The van der Waals surface area contributed by atoms with E-state index in [9.17, 15) is 22.0 Å². The number of aliphatic hydroxyl groups is 1. The summed E-state index contributed by atoms with van der Waals surface area (Å²) in [6.45, 7) is 0. The Morgan fingerprint density at radius 2 is 1.60 bits per heavy atom. The van der Waals surface area contributed by atoms with Gasteiger partial charge in [-0.25, -0.2) is 8.78 Å². The van der Waals surface area contributed by atoms with Gasteiger partial charge in [-0.1, -0.05) is 11.6 Å². The van der Waals surface area contributed by atoms with Crippen molar-refractivity contribution < 1.29 is 27.1 Å². The van der Waals surface area contributed by atoms with Crippen LogP contribution in [0.4, 0.5) is 22.0 Å². The lowest BCUT2D eigenvalue weighted by atomic mass is 10.1. The molecule has 1 atom stereocenters. The molecule has 0 spiro atoms. The molecule has 7 heteroatoms. The van der Waals surface area contributed by atoms with Gasteiger partial charge in [0.15, 0.2) is 17.7 Å². The van der Waals surface area contributed by atoms with E-state index in [0.29, 0.717) is 6.07 Å². The quantitative estimate of drug-likeness (QED) is 0.596. The predicted octanol–water partition coefficient (Wildman–Crippen LogP) is 3.21. The maximum atomic E-state index is 12.6. The van der Waals surface area contributed by atoms with Crippen molar-refractivity contribution in [2.24, 2.45) is 0 Å². The van der Waals surface area contributed by atoms with Gasteiger partial charge in [-0.15, -0.1) is 0 Å². The Labute approximate surface area is 86.1 Å². The number of halogens is 6. The number of hydrogen-bond acceptors (Lipinski definition) is 1. The summed E-state index contributed by atoms with van der Waals surface area (Å²) in [4.78, 5) is 0. The van der Waals surface area contributed by atoms with Crippen LogP contribution in [-0.4, -0.2) is 11.3 Å². The summed E-state index contributed by atoms with van der Waals surface area (Å²) in [7, 11) is 0. The highest BCUT2D eigenvalue weighted by Crippen LogP contribution is 2.36. The van der Waals surface area contributed by atoms with Crippen LogP contribution >= 0.6 is 11.6 Å². The van der Waals surface area contributed by atoms with E-state index in [4.69, 9.17) is 16.7 Å². The monoisotopic (exact) mass is 246 g/mol. The zero-order chi connectivity index (χ0) is 11.8. The smallest absolute Gasteiger partial charge is 0.379 e. The average Bonchev–Trinajstić information content (AvgIpc) is 2.08. The van der Waals surface area contributed by atoms with Gasteiger partial charge in [-0.3, -0.25) is 0 Å². The number of rotatable bonds is 1. The van der Waals surface area contributed by atoms with Crippen molar-refractivity contribution in [3.63, 3.8) is 0 Å². The van der Waals surface area contributed by atoms with Crippen LogP contribution in [-0.2, 0) is 0 Å². The average molecular weight is 247 g/mol. The molecule has 84 valence electrons. The number of hydrogen-bond donors (Lipinski definition) is 1. The van der Waals surface area contributed by atoms with Crippen LogP contribution in [0.2, 0.25) is 5.02 Å². The van der Waals surface area contributed by atoms with Gasteiger partial charge in [0.05, 0.1) is 0 Å². The summed E-state index contributed by atoms with van der Waals surface area (Å²) >= 11 is 5.24. The molecule has 1 aromatic carbocycles. The van der Waals surface area contributed by atoms with Crippen LogP contribution in [0.5, 0.6) is 0 Å². The molecule has 0 aromatic heterocycles. The van der Waals surface area contributed by atoms with E-state index in [-0.39, 0.29) is 6.07 Å². The number of alkyl halides is 3. The van der Waals surface area contributed by atoms with E-state index in [1.165, 1.54) is 0 Å². The molecule has 1 rings (SSSR count). The van der Waals surface area contributed by atoms with Crippen molar-refractivity contribution in [2.75, 3.05) is 0 Å². The molecule has 0 fully saturated rings. The van der Waals surface area contributed by atoms with Crippen LogP contribution in [0.1, 0.15) is 11.7 Å². The Bertz CT molecular complexity index is 376. The largest absolute Gasteiger partial charge is 0.418 e. The summed E-state index contributed by atoms with van der Waals surface area (Å²) in [5.74, 6) is -2.88. The highest BCUT2D eigenvalue weighted by atomic mass is 35.5. The van der Waals surface area contributed by atoms with Crippen LogP contribution in [0.3, 0.4) is 0 Å². The van der Waals surface area contributed by atoms with E-state index in [0.717, 1.165) is 0 Å². The van der Waals surface area contributed by atoms with Gasteiger partial charge >= 0.3 is 6.18 Å². The van der Waals surface area contributed by atoms with Gasteiger partial charge in [0.25, 0.3) is 0 Å².